The van der Waals surface area contributed by atoms with Crippen LogP contribution in [0.5, 0.6) is 11.5 Å². The second-order valence-corrected chi connectivity index (χ2v) is 6.85. The van der Waals surface area contributed by atoms with Crippen LogP contribution in [0.4, 0.5) is 14.5 Å². The summed E-state index contributed by atoms with van der Waals surface area (Å²) in [5.41, 5.74) is 3.88. The highest BCUT2D eigenvalue weighted by atomic mass is 19.3. The van der Waals surface area contributed by atoms with Crippen LogP contribution in [0.25, 0.3) is 11.1 Å². The number of alkyl halides is 2. The number of benzene rings is 3. The van der Waals surface area contributed by atoms with Crippen molar-refractivity contribution in [3.8, 4) is 22.6 Å². The van der Waals surface area contributed by atoms with E-state index in [1.54, 1.807) is 43.5 Å². The van der Waals surface area contributed by atoms with Crippen LogP contribution in [-0.4, -0.2) is 19.6 Å². The predicted octanol–water partition coefficient (Wildman–Crippen LogP) is 5.84. The molecule has 1 amide bonds. The maximum absolute atomic E-state index is 12.8. The zero-order valence-electron chi connectivity index (χ0n) is 16.8. The van der Waals surface area contributed by atoms with E-state index in [-0.39, 0.29) is 11.7 Å². The summed E-state index contributed by atoms with van der Waals surface area (Å²) in [5.74, 6) is 0.530. The minimum Gasteiger partial charge on any atom is -0.497 e. The molecule has 0 aromatic heterocycles. The van der Waals surface area contributed by atoms with Gasteiger partial charge in [0.2, 0.25) is 5.91 Å². The maximum atomic E-state index is 12.8. The molecule has 0 atom stereocenters. The second-order valence-electron chi connectivity index (χ2n) is 6.85. The molecule has 0 unspecified atom stereocenters. The molecule has 0 bridgehead atoms. The van der Waals surface area contributed by atoms with E-state index >= 15 is 0 Å². The van der Waals surface area contributed by atoms with E-state index in [4.69, 9.17) is 4.74 Å². The number of anilines is 1. The quantitative estimate of drug-likeness (QED) is 0.506. The summed E-state index contributed by atoms with van der Waals surface area (Å²) in [4.78, 5) is 12.4. The molecular formula is C24H23F2NO3. The molecule has 0 aliphatic heterocycles. The lowest BCUT2D eigenvalue weighted by atomic mass is 10.0. The average Bonchev–Trinajstić information content (AvgIpc) is 2.74. The topological polar surface area (TPSA) is 47.6 Å². The third-order valence-corrected chi connectivity index (χ3v) is 4.64. The largest absolute Gasteiger partial charge is 0.497 e. The van der Waals surface area contributed by atoms with Gasteiger partial charge in [-0.25, -0.2) is 0 Å². The van der Waals surface area contributed by atoms with Gasteiger partial charge in [0.05, 0.1) is 7.11 Å². The normalized spacial score (nSPS) is 10.7. The molecule has 0 aliphatic carbocycles. The van der Waals surface area contributed by atoms with Crippen LogP contribution in [0.15, 0.2) is 66.7 Å². The van der Waals surface area contributed by atoms with Crippen molar-refractivity contribution in [1.82, 2.24) is 0 Å². The third kappa shape index (κ3) is 5.80. The summed E-state index contributed by atoms with van der Waals surface area (Å²) >= 11 is 0. The molecule has 30 heavy (non-hydrogen) atoms. The zero-order chi connectivity index (χ0) is 21.5. The van der Waals surface area contributed by atoms with Crippen molar-refractivity contribution in [2.24, 2.45) is 0 Å². The maximum Gasteiger partial charge on any atom is 0.387 e. The lowest BCUT2D eigenvalue weighted by molar-refractivity contribution is -0.116. The summed E-state index contributed by atoms with van der Waals surface area (Å²) in [7, 11) is 1.55. The zero-order valence-corrected chi connectivity index (χ0v) is 16.8. The highest BCUT2D eigenvalue weighted by molar-refractivity contribution is 5.92. The number of hydrogen-bond acceptors (Lipinski definition) is 3. The SMILES string of the molecule is COc1ccc(-c2cc(NC(=O)CCc3ccc(C)cc3)ccc2OC(F)F)cc1. The van der Waals surface area contributed by atoms with Gasteiger partial charge in [0.1, 0.15) is 11.5 Å². The standard InChI is InChI=1S/C24H23F2NO3/c1-16-3-5-17(6-4-16)7-14-23(28)27-19-10-13-22(30-24(25)26)21(15-19)18-8-11-20(29-2)12-9-18/h3-6,8-13,15,24H,7,14H2,1-2H3,(H,27,28). The summed E-state index contributed by atoms with van der Waals surface area (Å²) in [5, 5.41) is 2.83. The fourth-order valence-electron chi connectivity index (χ4n) is 3.04. The molecule has 156 valence electrons. The Morgan fingerprint density at radius 1 is 1.00 bits per heavy atom. The van der Waals surface area contributed by atoms with Crippen LogP contribution in [0, 0.1) is 6.92 Å². The van der Waals surface area contributed by atoms with Gasteiger partial charge in [0.15, 0.2) is 0 Å². The van der Waals surface area contributed by atoms with Gasteiger partial charge in [0.25, 0.3) is 0 Å². The van der Waals surface area contributed by atoms with Gasteiger partial charge < -0.3 is 14.8 Å². The Hall–Kier alpha value is -3.41. The number of carbonyl (C=O) groups excluding carboxylic acids is 1. The van der Waals surface area contributed by atoms with Crippen LogP contribution in [0.2, 0.25) is 0 Å². The molecule has 0 aliphatic rings. The first kappa shape index (κ1) is 21.3. The van der Waals surface area contributed by atoms with Gasteiger partial charge in [-0.2, -0.15) is 8.78 Å². The first-order valence-corrected chi connectivity index (χ1v) is 9.53. The van der Waals surface area contributed by atoms with Crippen molar-refractivity contribution < 1.29 is 23.0 Å². The van der Waals surface area contributed by atoms with E-state index in [1.165, 1.54) is 11.6 Å². The fourth-order valence-corrected chi connectivity index (χ4v) is 3.04. The Labute approximate surface area is 174 Å². The predicted molar refractivity (Wildman–Crippen MR) is 113 cm³/mol. The van der Waals surface area contributed by atoms with Crippen molar-refractivity contribution in [3.05, 3.63) is 77.9 Å². The van der Waals surface area contributed by atoms with Crippen LogP contribution in [0.3, 0.4) is 0 Å². The number of amides is 1. The lowest BCUT2D eigenvalue weighted by Gasteiger charge is -2.14. The minimum absolute atomic E-state index is 0.0350. The second kappa shape index (κ2) is 9.87. The van der Waals surface area contributed by atoms with Gasteiger partial charge in [-0.15, -0.1) is 0 Å². The van der Waals surface area contributed by atoms with Crippen molar-refractivity contribution in [1.29, 1.82) is 0 Å². The molecule has 4 nitrogen and oxygen atoms in total. The van der Waals surface area contributed by atoms with Crippen LogP contribution in [0.1, 0.15) is 17.5 Å². The van der Waals surface area contributed by atoms with E-state index < -0.39 is 6.61 Å². The molecule has 6 heteroatoms. The van der Waals surface area contributed by atoms with E-state index in [0.29, 0.717) is 35.4 Å². The van der Waals surface area contributed by atoms with Crippen LogP contribution >= 0.6 is 0 Å². The highest BCUT2D eigenvalue weighted by Gasteiger charge is 2.14. The smallest absolute Gasteiger partial charge is 0.387 e. The number of methoxy groups -OCH3 is 1. The van der Waals surface area contributed by atoms with Gasteiger partial charge >= 0.3 is 6.61 Å². The number of aryl methyl sites for hydroxylation is 2. The molecule has 0 radical (unpaired) electrons. The summed E-state index contributed by atoms with van der Waals surface area (Å²) in [6, 6.07) is 19.6. The molecular weight excluding hydrogens is 388 g/mol. The van der Waals surface area contributed by atoms with Crippen molar-refractivity contribution in [2.75, 3.05) is 12.4 Å². The summed E-state index contributed by atoms with van der Waals surface area (Å²) in [6.45, 7) is -0.935. The number of halogens is 2. The number of carbonyl (C=O) groups is 1. The Balaban J connectivity index is 1.75. The average molecular weight is 411 g/mol. The molecule has 0 saturated heterocycles. The number of ether oxygens (including phenoxy) is 2. The van der Waals surface area contributed by atoms with E-state index in [0.717, 1.165) is 5.56 Å². The van der Waals surface area contributed by atoms with Crippen molar-refractivity contribution in [3.63, 3.8) is 0 Å². The van der Waals surface area contributed by atoms with E-state index in [1.807, 2.05) is 31.2 Å². The molecule has 0 spiro atoms. The molecule has 3 aromatic rings. The monoisotopic (exact) mass is 411 g/mol. The first-order valence-electron chi connectivity index (χ1n) is 9.53. The molecule has 1 N–H and O–H groups in total. The van der Waals surface area contributed by atoms with Gasteiger partial charge in [-0.1, -0.05) is 42.0 Å². The molecule has 0 heterocycles. The van der Waals surface area contributed by atoms with Crippen LogP contribution in [-0.2, 0) is 11.2 Å². The number of hydrogen-bond donors (Lipinski definition) is 1. The Morgan fingerprint density at radius 3 is 2.33 bits per heavy atom. The highest BCUT2D eigenvalue weighted by Crippen LogP contribution is 2.34. The summed E-state index contributed by atoms with van der Waals surface area (Å²) < 4.78 is 35.4. The lowest BCUT2D eigenvalue weighted by Crippen LogP contribution is -2.12. The first-order chi connectivity index (χ1) is 14.4. The fraction of sp³-hybridized carbons (Fsp3) is 0.208. The third-order valence-electron chi connectivity index (χ3n) is 4.64. The van der Waals surface area contributed by atoms with Crippen LogP contribution < -0.4 is 14.8 Å². The number of nitrogens with one attached hydrogen (secondary N) is 1. The molecule has 0 fully saturated rings. The molecule has 3 aromatic carbocycles. The molecule has 3 rings (SSSR count). The Kier molecular flexibility index (Phi) is 7.01. The summed E-state index contributed by atoms with van der Waals surface area (Å²) in [6.07, 6.45) is 0.931. The van der Waals surface area contributed by atoms with E-state index in [9.17, 15) is 13.6 Å². The molecule has 0 saturated carbocycles. The van der Waals surface area contributed by atoms with Gasteiger partial charge in [0, 0.05) is 17.7 Å². The van der Waals surface area contributed by atoms with Gasteiger partial charge in [-0.3, -0.25) is 4.79 Å². The van der Waals surface area contributed by atoms with Crippen molar-refractivity contribution in [2.45, 2.75) is 26.4 Å². The minimum atomic E-state index is -2.95. The Bertz CT molecular complexity index is 986. The Morgan fingerprint density at radius 2 is 1.70 bits per heavy atom. The van der Waals surface area contributed by atoms with E-state index in [2.05, 4.69) is 10.1 Å². The number of rotatable bonds is 8. The van der Waals surface area contributed by atoms with Gasteiger partial charge in [-0.05, 0) is 54.8 Å². The van der Waals surface area contributed by atoms with Crippen molar-refractivity contribution >= 4 is 11.6 Å².